The van der Waals surface area contributed by atoms with Gasteiger partial charge in [-0.1, -0.05) is 35.2 Å². The zero-order valence-corrected chi connectivity index (χ0v) is 16.4. The first-order chi connectivity index (χ1) is 12.5. The second kappa shape index (κ2) is 10.2. The number of aliphatic carboxylic acids is 1. The van der Waals surface area contributed by atoms with E-state index >= 15 is 0 Å². The van der Waals surface area contributed by atoms with Gasteiger partial charge in [0.05, 0.1) is 6.61 Å². The standard InChI is InChI=1S/C19H24BrNO5/c1-2-25-16-10-13(8-9-19(23)24)15(20)11-17(16)26-12-18(22)21-14-6-4-3-5-7-14/h8-11,14H,2-7,12H2,1H3,(H,21,22)(H,23,24)/b9-8+. The van der Waals surface area contributed by atoms with Gasteiger partial charge in [0.15, 0.2) is 18.1 Å². The van der Waals surface area contributed by atoms with E-state index in [1.54, 1.807) is 12.1 Å². The summed E-state index contributed by atoms with van der Waals surface area (Å²) in [6, 6.07) is 3.60. The Kier molecular flexibility index (Phi) is 7.97. The number of carbonyl (C=O) groups excluding carboxylic acids is 1. The molecule has 2 N–H and O–H groups in total. The number of hydrogen-bond acceptors (Lipinski definition) is 4. The number of hydrogen-bond donors (Lipinski definition) is 2. The van der Waals surface area contributed by atoms with Crippen molar-refractivity contribution in [2.45, 2.75) is 45.1 Å². The van der Waals surface area contributed by atoms with Gasteiger partial charge >= 0.3 is 5.97 Å². The van der Waals surface area contributed by atoms with Crippen LogP contribution in [-0.4, -0.2) is 36.2 Å². The third kappa shape index (κ3) is 6.37. The fourth-order valence-corrected chi connectivity index (χ4v) is 3.33. The third-order valence-corrected chi connectivity index (χ3v) is 4.78. The van der Waals surface area contributed by atoms with Crippen molar-refractivity contribution in [3.8, 4) is 11.5 Å². The van der Waals surface area contributed by atoms with Crippen LogP contribution in [0.3, 0.4) is 0 Å². The number of carboxylic acids is 1. The summed E-state index contributed by atoms with van der Waals surface area (Å²) in [6.45, 7) is 2.18. The molecule has 1 aliphatic rings. The van der Waals surface area contributed by atoms with Gasteiger partial charge in [-0.25, -0.2) is 4.79 Å². The summed E-state index contributed by atoms with van der Waals surface area (Å²) in [5, 5.41) is 11.8. The smallest absolute Gasteiger partial charge is 0.328 e. The Labute approximate surface area is 161 Å². The van der Waals surface area contributed by atoms with Crippen LogP contribution in [0.25, 0.3) is 6.08 Å². The molecule has 0 aliphatic heterocycles. The molecule has 0 aromatic heterocycles. The summed E-state index contributed by atoms with van der Waals surface area (Å²) in [7, 11) is 0. The highest BCUT2D eigenvalue weighted by atomic mass is 79.9. The van der Waals surface area contributed by atoms with E-state index in [2.05, 4.69) is 21.2 Å². The van der Waals surface area contributed by atoms with Crippen LogP contribution in [0.2, 0.25) is 0 Å². The molecule has 0 saturated heterocycles. The molecular weight excluding hydrogens is 402 g/mol. The summed E-state index contributed by atoms with van der Waals surface area (Å²) >= 11 is 3.39. The van der Waals surface area contributed by atoms with E-state index in [9.17, 15) is 9.59 Å². The summed E-state index contributed by atoms with van der Waals surface area (Å²) in [6.07, 6.45) is 8.09. The Bertz CT molecular complexity index is 668. The lowest BCUT2D eigenvalue weighted by Crippen LogP contribution is -2.39. The molecule has 7 heteroatoms. The van der Waals surface area contributed by atoms with E-state index in [0.717, 1.165) is 31.8 Å². The molecule has 1 aliphatic carbocycles. The predicted molar refractivity (Wildman–Crippen MR) is 102 cm³/mol. The number of benzene rings is 1. The minimum Gasteiger partial charge on any atom is -0.490 e. The first-order valence-electron chi connectivity index (χ1n) is 8.79. The van der Waals surface area contributed by atoms with Gasteiger partial charge in [-0.2, -0.15) is 0 Å². The molecule has 0 radical (unpaired) electrons. The van der Waals surface area contributed by atoms with Crippen LogP contribution in [0.4, 0.5) is 0 Å². The number of rotatable bonds is 8. The molecule has 0 unspecified atom stereocenters. The van der Waals surface area contributed by atoms with Crippen LogP contribution in [0.5, 0.6) is 11.5 Å². The van der Waals surface area contributed by atoms with Gasteiger partial charge in [0.2, 0.25) is 0 Å². The summed E-state index contributed by atoms with van der Waals surface area (Å²) < 4.78 is 11.9. The van der Waals surface area contributed by atoms with Crippen molar-refractivity contribution < 1.29 is 24.2 Å². The molecule has 1 aromatic rings. The summed E-state index contributed by atoms with van der Waals surface area (Å²) in [5.41, 5.74) is 0.648. The van der Waals surface area contributed by atoms with Gasteiger partial charge in [0.25, 0.3) is 5.91 Å². The lowest BCUT2D eigenvalue weighted by atomic mass is 9.95. The predicted octanol–water partition coefficient (Wildman–Crippen LogP) is 3.77. The van der Waals surface area contributed by atoms with Crippen LogP contribution in [0.15, 0.2) is 22.7 Å². The monoisotopic (exact) mass is 425 g/mol. The average Bonchev–Trinajstić information content (AvgIpc) is 2.61. The number of ether oxygens (including phenoxy) is 2. The largest absolute Gasteiger partial charge is 0.490 e. The minimum absolute atomic E-state index is 0.0900. The normalized spacial score (nSPS) is 15.0. The highest BCUT2D eigenvalue weighted by Gasteiger charge is 2.17. The SMILES string of the molecule is CCOc1cc(/C=C/C(=O)O)c(Br)cc1OCC(=O)NC1CCCCC1. The fraction of sp³-hybridized carbons (Fsp3) is 0.474. The average molecular weight is 426 g/mol. The molecule has 0 bridgehead atoms. The molecule has 1 aromatic carbocycles. The Morgan fingerprint density at radius 2 is 1.92 bits per heavy atom. The zero-order chi connectivity index (χ0) is 18.9. The Hall–Kier alpha value is -2.02. The van der Waals surface area contributed by atoms with Crippen molar-refractivity contribution in [1.29, 1.82) is 0 Å². The first kappa shape index (κ1) is 20.3. The maximum atomic E-state index is 12.1. The van der Waals surface area contributed by atoms with Crippen LogP contribution in [0.1, 0.15) is 44.6 Å². The van der Waals surface area contributed by atoms with Gasteiger partial charge < -0.3 is 19.9 Å². The van der Waals surface area contributed by atoms with E-state index in [0.29, 0.717) is 28.1 Å². The topological polar surface area (TPSA) is 84.9 Å². The van der Waals surface area contributed by atoms with Gasteiger partial charge in [-0.05, 0) is 43.5 Å². The van der Waals surface area contributed by atoms with E-state index in [1.807, 2.05) is 6.92 Å². The maximum Gasteiger partial charge on any atom is 0.328 e. The third-order valence-electron chi connectivity index (χ3n) is 4.10. The highest BCUT2D eigenvalue weighted by Crippen LogP contribution is 2.34. The van der Waals surface area contributed by atoms with Crippen molar-refractivity contribution in [2.24, 2.45) is 0 Å². The van der Waals surface area contributed by atoms with Gasteiger partial charge in [-0.15, -0.1) is 0 Å². The van der Waals surface area contributed by atoms with Gasteiger partial charge in [-0.3, -0.25) is 4.79 Å². The summed E-state index contributed by atoms with van der Waals surface area (Å²) in [5.74, 6) is -0.281. The van der Waals surface area contributed by atoms with Gasteiger partial charge in [0, 0.05) is 16.6 Å². The fourth-order valence-electron chi connectivity index (χ4n) is 2.88. The van der Waals surface area contributed by atoms with E-state index in [4.69, 9.17) is 14.6 Å². The second-order valence-corrected chi connectivity index (χ2v) is 6.97. The quantitative estimate of drug-likeness (QED) is 0.619. The first-order valence-corrected chi connectivity index (χ1v) is 9.58. The number of amides is 1. The van der Waals surface area contributed by atoms with Gasteiger partial charge in [0.1, 0.15) is 0 Å². The molecule has 0 atom stereocenters. The molecular formula is C19H24BrNO5. The highest BCUT2D eigenvalue weighted by molar-refractivity contribution is 9.10. The molecule has 1 saturated carbocycles. The molecule has 0 heterocycles. The number of carbonyl (C=O) groups is 2. The van der Waals surface area contributed by atoms with E-state index in [-0.39, 0.29) is 18.6 Å². The molecule has 2 rings (SSSR count). The zero-order valence-electron chi connectivity index (χ0n) is 14.8. The number of nitrogens with one attached hydrogen (secondary N) is 1. The van der Waals surface area contributed by atoms with Crippen LogP contribution in [-0.2, 0) is 9.59 Å². The van der Waals surface area contributed by atoms with E-state index < -0.39 is 5.97 Å². The van der Waals surface area contributed by atoms with Crippen molar-refractivity contribution in [3.05, 3.63) is 28.2 Å². The number of carboxylic acid groups (broad SMARTS) is 1. The lowest BCUT2D eigenvalue weighted by Gasteiger charge is -2.23. The summed E-state index contributed by atoms with van der Waals surface area (Å²) in [4.78, 5) is 22.8. The van der Waals surface area contributed by atoms with Crippen molar-refractivity contribution in [3.63, 3.8) is 0 Å². The molecule has 1 fully saturated rings. The van der Waals surface area contributed by atoms with Crippen LogP contribution < -0.4 is 14.8 Å². The Balaban J connectivity index is 2.03. The van der Waals surface area contributed by atoms with Crippen molar-refractivity contribution >= 4 is 33.9 Å². The van der Waals surface area contributed by atoms with Crippen LogP contribution in [0, 0.1) is 0 Å². The minimum atomic E-state index is -1.03. The number of halogens is 1. The maximum absolute atomic E-state index is 12.1. The Morgan fingerprint density at radius 3 is 2.58 bits per heavy atom. The van der Waals surface area contributed by atoms with Crippen molar-refractivity contribution in [1.82, 2.24) is 5.32 Å². The lowest BCUT2D eigenvalue weighted by molar-refractivity contribution is -0.131. The van der Waals surface area contributed by atoms with Crippen molar-refractivity contribution in [2.75, 3.05) is 13.2 Å². The molecule has 26 heavy (non-hydrogen) atoms. The second-order valence-electron chi connectivity index (χ2n) is 6.12. The molecule has 0 spiro atoms. The molecule has 142 valence electrons. The molecule has 1 amide bonds. The van der Waals surface area contributed by atoms with E-state index in [1.165, 1.54) is 12.5 Å². The molecule has 6 nitrogen and oxygen atoms in total. The van der Waals surface area contributed by atoms with Crippen LogP contribution >= 0.6 is 15.9 Å². The Morgan fingerprint density at radius 1 is 1.23 bits per heavy atom.